The number of nitrogens with zero attached hydrogens (tertiary/aromatic N) is 1. The zero-order valence-corrected chi connectivity index (χ0v) is 24.7. The molecule has 2 aliphatic rings. The second-order valence-corrected chi connectivity index (χ2v) is 13.9. The van der Waals surface area contributed by atoms with Gasteiger partial charge in [-0.25, -0.2) is 0 Å². The van der Waals surface area contributed by atoms with Crippen LogP contribution in [0.4, 0.5) is 0 Å². The first-order valence-corrected chi connectivity index (χ1v) is 13.8. The van der Waals surface area contributed by atoms with Crippen LogP contribution in [0.2, 0.25) is 0 Å². The third-order valence-electron chi connectivity index (χ3n) is 7.65. The van der Waals surface area contributed by atoms with E-state index in [0.717, 1.165) is 41.6 Å². The number of aliphatic hydroxyl groups excluding tert-OH is 2. The van der Waals surface area contributed by atoms with Crippen LogP contribution in [-0.2, 0) is 4.79 Å². The average Bonchev–Trinajstić information content (AvgIpc) is 2.76. The maximum atomic E-state index is 11.5. The van der Waals surface area contributed by atoms with Gasteiger partial charge in [0.05, 0.1) is 24.2 Å². The standard InChI is InChI=1S/C32H49NO5/c1-29(2,21-33-38)15-9-11-22-17-30(3,4)19-24(26(22)34)13-14-25-20-31(5,6)18-23(27(25)35)12-10-16-32(7,8)28(36)37/h13-14,17-20,26-27,34-35H,9-12,15-16,21H2,1-8H3,(H,36,37)/b14-13-. The number of carboxylic acid groups (broad SMARTS) is 1. The van der Waals surface area contributed by atoms with Crippen LogP contribution in [0.25, 0.3) is 0 Å². The van der Waals surface area contributed by atoms with Gasteiger partial charge in [-0.05, 0) is 80.1 Å². The molecule has 2 atom stereocenters. The Kier molecular flexibility index (Phi) is 10.3. The van der Waals surface area contributed by atoms with Gasteiger partial charge < -0.3 is 15.3 Å². The molecule has 0 saturated heterocycles. The lowest BCUT2D eigenvalue weighted by molar-refractivity contribution is -0.147. The number of carboxylic acids is 1. The first-order valence-electron chi connectivity index (χ1n) is 13.8. The van der Waals surface area contributed by atoms with Gasteiger partial charge in [0, 0.05) is 10.8 Å². The fraction of sp³-hybridized carbons (Fsp3) is 0.656. The molecule has 6 nitrogen and oxygen atoms in total. The molecular weight excluding hydrogens is 478 g/mol. The van der Waals surface area contributed by atoms with Crippen LogP contribution in [-0.4, -0.2) is 40.0 Å². The Labute approximate surface area is 229 Å². The number of hydrogen-bond acceptors (Lipinski definition) is 5. The van der Waals surface area contributed by atoms with E-state index in [9.17, 15) is 25.0 Å². The zero-order chi connectivity index (χ0) is 28.9. The molecule has 3 N–H and O–H groups in total. The molecule has 0 bridgehead atoms. The van der Waals surface area contributed by atoms with Crippen molar-refractivity contribution in [3.05, 3.63) is 63.7 Å². The van der Waals surface area contributed by atoms with Crippen LogP contribution < -0.4 is 0 Å². The fourth-order valence-corrected chi connectivity index (χ4v) is 5.40. The number of aliphatic carboxylic acids is 1. The van der Waals surface area contributed by atoms with E-state index in [1.807, 2.05) is 26.0 Å². The molecule has 2 aliphatic carbocycles. The van der Waals surface area contributed by atoms with Gasteiger partial charge in [-0.2, -0.15) is 4.91 Å². The summed E-state index contributed by atoms with van der Waals surface area (Å²) in [6, 6.07) is 0. The van der Waals surface area contributed by atoms with Gasteiger partial charge >= 0.3 is 5.97 Å². The highest BCUT2D eigenvalue weighted by Gasteiger charge is 2.30. The fourth-order valence-electron chi connectivity index (χ4n) is 5.40. The zero-order valence-electron chi connectivity index (χ0n) is 24.7. The molecule has 0 heterocycles. The van der Waals surface area contributed by atoms with Crippen LogP contribution in [0.15, 0.2) is 63.9 Å². The van der Waals surface area contributed by atoms with Gasteiger partial charge in [-0.15, -0.1) is 0 Å². The van der Waals surface area contributed by atoms with E-state index in [0.29, 0.717) is 19.3 Å². The van der Waals surface area contributed by atoms with Gasteiger partial charge in [0.25, 0.3) is 0 Å². The summed E-state index contributed by atoms with van der Waals surface area (Å²) >= 11 is 0. The Morgan fingerprint density at radius 2 is 1.26 bits per heavy atom. The number of carbonyl (C=O) groups is 1. The Morgan fingerprint density at radius 1 is 0.842 bits per heavy atom. The van der Waals surface area contributed by atoms with Crippen molar-refractivity contribution in [2.45, 2.75) is 106 Å². The van der Waals surface area contributed by atoms with Crippen molar-refractivity contribution in [2.24, 2.45) is 26.8 Å². The Bertz CT molecular complexity index is 1040. The lowest BCUT2D eigenvalue weighted by Gasteiger charge is -2.31. The molecule has 2 rings (SSSR count). The van der Waals surface area contributed by atoms with Crippen molar-refractivity contribution < 1.29 is 20.1 Å². The number of nitroso groups, excluding NO2 is 1. The molecule has 0 aromatic rings. The molecule has 0 saturated carbocycles. The molecule has 2 unspecified atom stereocenters. The molecule has 0 fully saturated rings. The van der Waals surface area contributed by atoms with E-state index in [1.54, 1.807) is 13.8 Å². The molecular formula is C32H49NO5. The molecule has 38 heavy (non-hydrogen) atoms. The van der Waals surface area contributed by atoms with Crippen LogP contribution >= 0.6 is 0 Å². The highest BCUT2D eigenvalue weighted by Crippen LogP contribution is 2.38. The molecule has 0 amide bonds. The number of aliphatic hydroxyl groups is 2. The largest absolute Gasteiger partial charge is 0.481 e. The Hall–Kier alpha value is -2.31. The molecule has 0 aromatic heterocycles. The number of allylic oxidation sites excluding steroid dienone is 4. The van der Waals surface area contributed by atoms with Crippen molar-refractivity contribution in [1.82, 2.24) is 0 Å². The Balaban J connectivity index is 2.13. The first-order chi connectivity index (χ1) is 17.4. The SMILES string of the molecule is CC1(C)C=C(/C=C\C2=CC(C)(C)C=C(CCCC(C)(C)C(=O)O)C2O)C(O)C(CCCC(C)(C)CN=O)=C1. The second kappa shape index (κ2) is 12.3. The van der Waals surface area contributed by atoms with Crippen molar-refractivity contribution in [3.8, 4) is 0 Å². The van der Waals surface area contributed by atoms with Gasteiger partial charge in [-0.3, -0.25) is 4.79 Å². The van der Waals surface area contributed by atoms with Gasteiger partial charge in [0.2, 0.25) is 0 Å². The summed E-state index contributed by atoms with van der Waals surface area (Å²) in [5.74, 6) is -0.808. The normalized spacial score (nSPS) is 23.4. The monoisotopic (exact) mass is 527 g/mol. The summed E-state index contributed by atoms with van der Waals surface area (Å²) in [4.78, 5) is 22.2. The minimum Gasteiger partial charge on any atom is -0.481 e. The smallest absolute Gasteiger partial charge is 0.309 e. The molecule has 0 aliphatic heterocycles. The minimum absolute atomic E-state index is 0.152. The highest BCUT2D eigenvalue weighted by molar-refractivity contribution is 5.73. The van der Waals surface area contributed by atoms with Crippen LogP contribution in [0, 0.1) is 26.6 Å². The lowest BCUT2D eigenvalue weighted by Crippen LogP contribution is -2.25. The molecule has 0 aromatic carbocycles. The van der Waals surface area contributed by atoms with E-state index in [-0.39, 0.29) is 22.8 Å². The topological polar surface area (TPSA) is 107 Å². The number of hydrogen-bond donors (Lipinski definition) is 3. The van der Waals surface area contributed by atoms with Crippen molar-refractivity contribution >= 4 is 5.97 Å². The Morgan fingerprint density at radius 3 is 1.66 bits per heavy atom. The maximum absolute atomic E-state index is 11.5. The van der Waals surface area contributed by atoms with Crippen LogP contribution in [0.1, 0.15) is 93.9 Å². The third kappa shape index (κ3) is 9.16. The van der Waals surface area contributed by atoms with Crippen molar-refractivity contribution in [2.75, 3.05) is 6.54 Å². The van der Waals surface area contributed by atoms with E-state index in [2.05, 4.69) is 57.2 Å². The summed E-state index contributed by atoms with van der Waals surface area (Å²) in [5.41, 5.74) is 2.08. The molecule has 6 heteroatoms. The van der Waals surface area contributed by atoms with E-state index in [4.69, 9.17) is 0 Å². The first kappa shape index (κ1) is 31.9. The van der Waals surface area contributed by atoms with E-state index >= 15 is 0 Å². The predicted octanol–water partition coefficient (Wildman–Crippen LogP) is 7.29. The van der Waals surface area contributed by atoms with Crippen LogP contribution in [0.3, 0.4) is 0 Å². The molecule has 212 valence electrons. The van der Waals surface area contributed by atoms with Gasteiger partial charge in [0.1, 0.15) is 0 Å². The summed E-state index contributed by atoms with van der Waals surface area (Å²) in [6.45, 7) is 16.2. The third-order valence-corrected chi connectivity index (χ3v) is 7.65. The maximum Gasteiger partial charge on any atom is 0.309 e. The van der Waals surface area contributed by atoms with Crippen molar-refractivity contribution in [3.63, 3.8) is 0 Å². The van der Waals surface area contributed by atoms with E-state index in [1.165, 1.54) is 0 Å². The van der Waals surface area contributed by atoms with E-state index < -0.39 is 23.6 Å². The van der Waals surface area contributed by atoms with Crippen LogP contribution in [0.5, 0.6) is 0 Å². The summed E-state index contributed by atoms with van der Waals surface area (Å²) < 4.78 is 0. The van der Waals surface area contributed by atoms with Gasteiger partial charge in [0.15, 0.2) is 0 Å². The summed E-state index contributed by atoms with van der Waals surface area (Å²) in [7, 11) is 0. The van der Waals surface area contributed by atoms with Gasteiger partial charge in [-0.1, -0.05) is 83.2 Å². The summed E-state index contributed by atoms with van der Waals surface area (Å²) in [5, 5.41) is 34.8. The second-order valence-electron chi connectivity index (χ2n) is 13.9. The molecule has 0 radical (unpaired) electrons. The molecule has 0 spiro atoms. The van der Waals surface area contributed by atoms with Crippen molar-refractivity contribution in [1.29, 1.82) is 0 Å². The number of rotatable bonds is 13. The lowest BCUT2D eigenvalue weighted by atomic mass is 9.76. The average molecular weight is 528 g/mol. The highest BCUT2D eigenvalue weighted by atomic mass is 16.4. The predicted molar refractivity (Wildman–Crippen MR) is 155 cm³/mol. The quantitative estimate of drug-likeness (QED) is 0.172. The minimum atomic E-state index is -0.808. The summed E-state index contributed by atoms with van der Waals surface area (Å²) in [6.07, 6.45) is 15.0.